The average Bonchev–Trinajstić information content (AvgIpc) is 2.62. The lowest BCUT2D eigenvalue weighted by atomic mass is 9.77. The van der Waals surface area contributed by atoms with Crippen molar-refractivity contribution in [2.45, 2.75) is 142 Å². The molecule has 4 heteroatoms. The molecule has 3 N–H and O–H groups in total. The zero-order valence-corrected chi connectivity index (χ0v) is 20.3. The second kappa shape index (κ2) is 13.6. The monoisotopic (exact) mass is 409 g/mol. The van der Waals surface area contributed by atoms with Crippen molar-refractivity contribution < 1.29 is 4.79 Å². The summed E-state index contributed by atoms with van der Waals surface area (Å²) in [6.07, 6.45) is 17.2. The Kier molecular flexibility index (Phi) is 12.4. The van der Waals surface area contributed by atoms with Gasteiger partial charge in [-0.15, -0.1) is 0 Å². The van der Waals surface area contributed by atoms with E-state index in [-0.39, 0.29) is 23.0 Å². The third kappa shape index (κ3) is 10.3. The van der Waals surface area contributed by atoms with Gasteiger partial charge in [-0.3, -0.25) is 9.69 Å². The number of nitrogens with zero attached hydrogens (tertiary/aromatic N) is 1. The van der Waals surface area contributed by atoms with Crippen LogP contribution in [0.15, 0.2) is 0 Å². The number of unbranched alkanes of at least 4 members (excludes halogenated alkanes) is 10. The molecule has 0 aliphatic carbocycles. The number of carbonyl (C=O) groups excluding carboxylic acids is 1. The van der Waals surface area contributed by atoms with Gasteiger partial charge >= 0.3 is 0 Å². The number of carbonyl (C=O) groups is 1. The van der Waals surface area contributed by atoms with E-state index in [2.05, 4.69) is 44.8 Å². The number of piperidine rings is 1. The van der Waals surface area contributed by atoms with Gasteiger partial charge in [0.05, 0.1) is 0 Å². The Bertz CT molecular complexity index is 429. The third-order valence-electron chi connectivity index (χ3n) is 6.68. The number of hydrogen-bond donors (Lipinski definition) is 2. The summed E-state index contributed by atoms with van der Waals surface area (Å²) in [5.74, 6) is 0.241. The quantitative estimate of drug-likeness (QED) is 0.337. The van der Waals surface area contributed by atoms with Crippen LogP contribution < -0.4 is 11.1 Å². The number of amides is 1. The van der Waals surface area contributed by atoms with Crippen LogP contribution in [0, 0.1) is 0 Å². The predicted octanol–water partition coefficient (Wildman–Crippen LogP) is 5.78. The van der Waals surface area contributed by atoms with Crippen LogP contribution in [0.1, 0.15) is 125 Å². The minimum absolute atomic E-state index is 0.0651. The summed E-state index contributed by atoms with van der Waals surface area (Å²) < 4.78 is 0. The van der Waals surface area contributed by atoms with Crippen LogP contribution in [0.3, 0.4) is 0 Å². The first-order valence-corrected chi connectivity index (χ1v) is 12.5. The first kappa shape index (κ1) is 26.4. The molecule has 29 heavy (non-hydrogen) atoms. The molecule has 4 nitrogen and oxygen atoms in total. The van der Waals surface area contributed by atoms with Crippen LogP contribution in [0.5, 0.6) is 0 Å². The van der Waals surface area contributed by atoms with Crippen LogP contribution in [-0.2, 0) is 4.79 Å². The third-order valence-corrected chi connectivity index (χ3v) is 6.68. The first-order valence-electron chi connectivity index (χ1n) is 12.5. The van der Waals surface area contributed by atoms with Gasteiger partial charge in [-0.1, -0.05) is 71.1 Å². The topological polar surface area (TPSA) is 58.4 Å². The lowest BCUT2D eigenvalue weighted by Gasteiger charge is -2.55. The molecule has 1 aliphatic rings. The number of likely N-dealkylation sites (tertiary alicyclic amines) is 1. The fraction of sp³-hybridized carbons (Fsp3) is 0.960. The van der Waals surface area contributed by atoms with E-state index in [1.165, 1.54) is 64.2 Å². The van der Waals surface area contributed by atoms with Crippen molar-refractivity contribution in [3.05, 3.63) is 0 Å². The Labute approximate surface area is 181 Å². The van der Waals surface area contributed by atoms with Crippen molar-refractivity contribution in [1.29, 1.82) is 0 Å². The van der Waals surface area contributed by atoms with Gasteiger partial charge in [-0.05, 0) is 47.0 Å². The van der Waals surface area contributed by atoms with Gasteiger partial charge in [-0.25, -0.2) is 0 Å². The minimum atomic E-state index is 0.0651. The summed E-state index contributed by atoms with van der Waals surface area (Å²) in [4.78, 5) is 15.0. The van der Waals surface area contributed by atoms with E-state index in [4.69, 9.17) is 5.73 Å². The van der Waals surface area contributed by atoms with Gasteiger partial charge in [0.1, 0.15) is 0 Å². The standard InChI is InChI=1S/C25H51N3O/c1-6-7-8-9-10-11-12-13-14-15-16-17-23(29)27-22-20-24(2,3)28(19-18-26)25(4,5)21-22/h22H,6-21,26H2,1-5H3,(H,27,29). The summed E-state index contributed by atoms with van der Waals surface area (Å²) >= 11 is 0. The summed E-state index contributed by atoms with van der Waals surface area (Å²) in [5.41, 5.74) is 5.97. The molecule has 1 aliphatic heterocycles. The molecule has 1 heterocycles. The Morgan fingerprint density at radius 3 is 1.76 bits per heavy atom. The highest BCUT2D eigenvalue weighted by Crippen LogP contribution is 2.38. The SMILES string of the molecule is CCCCCCCCCCCCCC(=O)NC1CC(C)(C)N(CCN)C(C)(C)C1. The average molecular weight is 410 g/mol. The van der Waals surface area contributed by atoms with E-state index in [1.54, 1.807) is 0 Å². The summed E-state index contributed by atoms with van der Waals surface area (Å²) in [6, 6.07) is 0.272. The molecule has 0 bridgehead atoms. The Balaban J connectivity index is 2.16. The lowest BCUT2D eigenvalue weighted by Crippen LogP contribution is -2.65. The van der Waals surface area contributed by atoms with Crippen LogP contribution in [-0.4, -0.2) is 41.0 Å². The normalized spacial score (nSPS) is 19.4. The van der Waals surface area contributed by atoms with Gasteiger partial charge in [-0.2, -0.15) is 0 Å². The molecule has 1 amide bonds. The van der Waals surface area contributed by atoms with Crippen LogP contribution in [0.4, 0.5) is 0 Å². The van der Waals surface area contributed by atoms with Crippen molar-refractivity contribution in [1.82, 2.24) is 10.2 Å². The fourth-order valence-corrected chi connectivity index (χ4v) is 5.40. The second-order valence-corrected chi connectivity index (χ2v) is 10.5. The molecular weight excluding hydrogens is 358 g/mol. The van der Waals surface area contributed by atoms with E-state index in [0.29, 0.717) is 13.0 Å². The minimum Gasteiger partial charge on any atom is -0.353 e. The Morgan fingerprint density at radius 1 is 0.862 bits per heavy atom. The summed E-state index contributed by atoms with van der Waals surface area (Å²) in [5, 5.41) is 3.33. The van der Waals surface area contributed by atoms with Crippen molar-refractivity contribution in [3.8, 4) is 0 Å². The molecule has 0 saturated carbocycles. The fourth-order valence-electron chi connectivity index (χ4n) is 5.40. The largest absolute Gasteiger partial charge is 0.353 e. The zero-order chi connectivity index (χ0) is 21.8. The zero-order valence-electron chi connectivity index (χ0n) is 20.3. The van der Waals surface area contributed by atoms with Gasteiger partial charge in [0.15, 0.2) is 0 Å². The molecule has 0 atom stereocenters. The molecule has 172 valence electrons. The van der Waals surface area contributed by atoms with Crippen molar-refractivity contribution in [2.24, 2.45) is 5.73 Å². The molecule has 1 saturated heterocycles. The van der Waals surface area contributed by atoms with E-state index in [0.717, 1.165) is 25.8 Å². The highest BCUT2D eigenvalue weighted by Gasteiger charge is 2.44. The number of hydrogen-bond acceptors (Lipinski definition) is 3. The molecule has 0 unspecified atom stereocenters. The highest BCUT2D eigenvalue weighted by atomic mass is 16.1. The van der Waals surface area contributed by atoms with E-state index in [9.17, 15) is 4.79 Å². The molecule has 0 aromatic rings. The van der Waals surface area contributed by atoms with E-state index in [1.807, 2.05) is 0 Å². The van der Waals surface area contributed by atoms with Gasteiger partial charge in [0.25, 0.3) is 0 Å². The van der Waals surface area contributed by atoms with Gasteiger partial charge < -0.3 is 11.1 Å². The predicted molar refractivity (Wildman–Crippen MR) is 126 cm³/mol. The van der Waals surface area contributed by atoms with Crippen molar-refractivity contribution in [2.75, 3.05) is 13.1 Å². The highest BCUT2D eigenvalue weighted by molar-refractivity contribution is 5.76. The maximum Gasteiger partial charge on any atom is 0.220 e. The maximum absolute atomic E-state index is 12.5. The molecule has 0 aromatic heterocycles. The Morgan fingerprint density at radius 2 is 1.31 bits per heavy atom. The van der Waals surface area contributed by atoms with Gasteiger partial charge in [0.2, 0.25) is 5.91 Å². The first-order chi connectivity index (χ1) is 13.7. The van der Waals surface area contributed by atoms with E-state index >= 15 is 0 Å². The second-order valence-electron chi connectivity index (χ2n) is 10.5. The lowest BCUT2D eigenvalue weighted by molar-refractivity contribution is -0.123. The van der Waals surface area contributed by atoms with Crippen LogP contribution >= 0.6 is 0 Å². The number of rotatable bonds is 15. The number of nitrogens with two attached hydrogens (primary N) is 1. The van der Waals surface area contributed by atoms with Crippen molar-refractivity contribution >= 4 is 5.91 Å². The molecular formula is C25H51N3O. The maximum atomic E-state index is 12.5. The molecule has 0 aromatic carbocycles. The Hall–Kier alpha value is -0.610. The molecule has 0 spiro atoms. The van der Waals surface area contributed by atoms with E-state index < -0.39 is 0 Å². The molecule has 1 fully saturated rings. The number of nitrogens with one attached hydrogen (secondary N) is 1. The smallest absolute Gasteiger partial charge is 0.220 e. The van der Waals surface area contributed by atoms with Crippen molar-refractivity contribution in [3.63, 3.8) is 0 Å². The van der Waals surface area contributed by atoms with Crippen LogP contribution in [0.25, 0.3) is 0 Å². The molecule has 0 radical (unpaired) electrons. The summed E-state index contributed by atoms with van der Waals surface area (Å²) in [6.45, 7) is 13.0. The molecule has 1 rings (SSSR count). The summed E-state index contributed by atoms with van der Waals surface area (Å²) in [7, 11) is 0. The van der Waals surface area contributed by atoms with Crippen LogP contribution in [0.2, 0.25) is 0 Å². The van der Waals surface area contributed by atoms with Gasteiger partial charge in [0, 0.05) is 36.6 Å².